The summed E-state index contributed by atoms with van der Waals surface area (Å²) < 4.78 is 5.25. The quantitative estimate of drug-likeness (QED) is 0.864. The molecule has 0 aromatic heterocycles. The van der Waals surface area contributed by atoms with Gasteiger partial charge in [0.2, 0.25) is 0 Å². The molecule has 1 aromatic rings. The lowest BCUT2D eigenvalue weighted by molar-refractivity contribution is -0.126. The number of rotatable bonds is 4. The monoisotopic (exact) mass is 233 g/mol. The van der Waals surface area contributed by atoms with E-state index in [0.717, 1.165) is 12.0 Å². The minimum Gasteiger partial charge on any atom is -0.381 e. The largest absolute Gasteiger partial charge is 0.381 e. The highest BCUT2D eigenvalue weighted by Crippen LogP contribution is 2.25. The van der Waals surface area contributed by atoms with E-state index < -0.39 is 0 Å². The van der Waals surface area contributed by atoms with Crippen molar-refractivity contribution in [3.05, 3.63) is 35.9 Å². The molecule has 1 aliphatic heterocycles. The van der Waals surface area contributed by atoms with Gasteiger partial charge in [-0.15, -0.1) is 0 Å². The molecule has 2 rings (SSSR count). The van der Waals surface area contributed by atoms with Crippen molar-refractivity contribution >= 4 is 5.78 Å². The van der Waals surface area contributed by atoms with Gasteiger partial charge in [-0.1, -0.05) is 37.3 Å². The van der Waals surface area contributed by atoms with Crippen molar-refractivity contribution in [3.8, 4) is 0 Å². The maximum Gasteiger partial charge on any atom is 0.143 e. The number of ketones is 1. The predicted molar refractivity (Wildman–Crippen MR) is 66.5 cm³/mol. The molecular formula is C14H19NO2. The molecule has 1 aliphatic rings. The first kappa shape index (κ1) is 12.3. The van der Waals surface area contributed by atoms with Gasteiger partial charge in [0.15, 0.2) is 0 Å². The van der Waals surface area contributed by atoms with E-state index in [-0.39, 0.29) is 23.7 Å². The predicted octanol–water partition coefficient (Wildman–Crippen LogP) is 1.93. The fourth-order valence-corrected chi connectivity index (χ4v) is 2.27. The van der Waals surface area contributed by atoms with Crippen molar-refractivity contribution in [3.63, 3.8) is 0 Å². The second-order valence-electron chi connectivity index (χ2n) is 4.69. The SMILES string of the molecule is CC(C(=O)C1CCOC1)C(N)c1ccccc1. The van der Waals surface area contributed by atoms with E-state index in [4.69, 9.17) is 10.5 Å². The third-order valence-electron chi connectivity index (χ3n) is 3.50. The Morgan fingerprint density at radius 2 is 2.12 bits per heavy atom. The standard InChI is InChI=1S/C14H19NO2/c1-10(14(16)12-7-8-17-9-12)13(15)11-5-3-2-4-6-11/h2-6,10,12-13H,7-9,15H2,1H3. The van der Waals surface area contributed by atoms with Crippen molar-refractivity contribution < 1.29 is 9.53 Å². The minimum atomic E-state index is -0.218. The van der Waals surface area contributed by atoms with Gasteiger partial charge in [0.05, 0.1) is 6.61 Å². The third-order valence-corrected chi connectivity index (χ3v) is 3.50. The zero-order valence-electron chi connectivity index (χ0n) is 10.1. The molecule has 1 aromatic carbocycles. The number of hydrogen-bond acceptors (Lipinski definition) is 3. The van der Waals surface area contributed by atoms with E-state index >= 15 is 0 Å². The summed E-state index contributed by atoms with van der Waals surface area (Å²) in [4.78, 5) is 12.2. The number of hydrogen-bond donors (Lipinski definition) is 1. The minimum absolute atomic E-state index is 0.0414. The van der Waals surface area contributed by atoms with Crippen molar-refractivity contribution in [2.45, 2.75) is 19.4 Å². The summed E-state index contributed by atoms with van der Waals surface area (Å²) in [7, 11) is 0. The number of carbonyl (C=O) groups is 1. The van der Waals surface area contributed by atoms with E-state index in [1.807, 2.05) is 37.3 Å². The highest BCUT2D eigenvalue weighted by Gasteiger charge is 2.30. The molecule has 92 valence electrons. The number of benzene rings is 1. The van der Waals surface area contributed by atoms with Gasteiger partial charge in [0, 0.05) is 24.5 Å². The third kappa shape index (κ3) is 2.73. The van der Waals surface area contributed by atoms with Gasteiger partial charge in [-0.3, -0.25) is 4.79 Å². The molecule has 1 saturated heterocycles. The fraction of sp³-hybridized carbons (Fsp3) is 0.500. The van der Waals surface area contributed by atoms with E-state index in [1.54, 1.807) is 0 Å². The van der Waals surface area contributed by atoms with Crippen LogP contribution in [0.25, 0.3) is 0 Å². The van der Waals surface area contributed by atoms with Crippen LogP contribution in [0, 0.1) is 11.8 Å². The van der Waals surface area contributed by atoms with Gasteiger partial charge >= 0.3 is 0 Å². The molecule has 17 heavy (non-hydrogen) atoms. The van der Waals surface area contributed by atoms with Crippen molar-refractivity contribution in [1.82, 2.24) is 0 Å². The summed E-state index contributed by atoms with van der Waals surface area (Å²) >= 11 is 0. The van der Waals surface area contributed by atoms with Gasteiger partial charge in [0.1, 0.15) is 5.78 Å². The molecule has 2 N–H and O–H groups in total. The molecule has 3 atom stereocenters. The molecule has 3 nitrogen and oxygen atoms in total. The molecule has 3 unspecified atom stereocenters. The molecule has 1 fully saturated rings. The smallest absolute Gasteiger partial charge is 0.143 e. The summed E-state index contributed by atoms with van der Waals surface area (Å²) in [5.74, 6) is 0.128. The van der Waals surface area contributed by atoms with Crippen LogP contribution < -0.4 is 5.73 Å². The van der Waals surface area contributed by atoms with E-state index in [2.05, 4.69) is 0 Å². The lowest BCUT2D eigenvalue weighted by Crippen LogP contribution is -2.31. The maximum absolute atomic E-state index is 12.2. The second-order valence-corrected chi connectivity index (χ2v) is 4.69. The first-order valence-corrected chi connectivity index (χ1v) is 6.12. The van der Waals surface area contributed by atoms with Gasteiger partial charge in [0.25, 0.3) is 0 Å². The van der Waals surface area contributed by atoms with Crippen LogP contribution in [0.5, 0.6) is 0 Å². The highest BCUT2D eigenvalue weighted by molar-refractivity contribution is 5.84. The molecule has 0 amide bonds. The molecule has 0 bridgehead atoms. The Labute approximate surface area is 102 Å². The summed E-state index contributed by atoms with van der Waals surface area (Å²) in [6.07, 6.45) is 0.838. The topological polar surface area (TPSA) is 52.3 Å². The van der Waals surface area contributed by atoms with Gasteiger partial charge < -0.3 is 10.5 Å². The molecule has 0 radical (unpaired) electrons. The van der Waals surface area contributed by atoms with Crippen LogP contribution in [0.3, 0.4) is 0 Å². The zero-order chi connectivity index (χ0) is 12.3. The molecule has 0 spiro atoms. The van der Waals surface area contributed by atoms with E-state index in [9.17, 15) is 4.79 Å². The number of Topliss-reactive ketones (excluding diaryl/α,β-unsaturated/α-hetero) is 1. The fourth-order valence-electron chi connectivity index (χ4n) is 2.27. The molecule has 0 saturated carbocycles. The Morgan fingerprint density at radius 3 is 2.71 bits per heavy atom. The summed E-state index contributed by atoms with van der Waals surface area (Å²) in [6, 6.07) is 9.58. The first-order valence-electron chi connectivity index (χ1n) is 6.12. The van der Waals surface area contributed by atoms with E-state index in [0.29, 0.717) is 13.2 Å². The number of nitrogens with two attached hydrogens (primary N) is 1. The Bertz CT molecular complexity index is 371. The zero-order valence-corrected chi connectivity index (χ0v) is 10.1. The van der Waals surface area contributed by atoms with E-state index in [1.165, 1.54) is 0 Å². The summed E-state index contributed by atoms with van der Waals surface area (Å²) in [6.45, 7) is 3.17. The van der Waals surface area contributed by atoms with Gasteiger partial charge in [-0.25, -0.2) is 0 Å². The normalized spacial score (nSPS) is 23.3. The Balaban J connectivity index is 2.04. The summed E-state index contributed by atoms with van der Waals surface area (Å²) in [5.41, 5.74) is 7.17. The van der Waals surface area contributed by atoms with Crippen molar-refractivity contribution in [1.29, 1.82) is 0 Å². The molecular weight excluding hydrogens is 214 g/mol. The van der Waals surface area contributed by atoms with Gasteiger partial charge in [-0.2, -0.15) is 0 Å². The van der Waals surface area contributed by atoms with Crippen LogP contribution in [0.2, 0.25) is 0 Å². The highest BCUT2D eigenvalue weighted by atomic mass is 16.5. The van der Waals surface area contributed by atoms with Gasteiger partial charge in [-0.05, 0) is 12.0 Å². The van der Waals surface area contributed by atoms with Crippen LogP contribution in [0.4, 0.5) is 0 Å². The van der Waals surface area contributed by atoms with Crippen LogP contribution in [-0.4, -0.2) is 19.0 Å². The first-order chi connectivity index (χ1) is 8.20. The van der Waals surface area contributed by atoms with Crippen molar-refractivity contribution in [2.75, 3.05) is 13.2 Å². The lowest BCUT2D eigenvalue weighted by atomic mass is 9.85. The van der Waals surface area contributed by atoms with Crippen LogP contribution in [0.1, 0.15) is 24.9 Å². The Morgan fingerprint density at radius 1 is 1.41 bits per heavy atom. The molecule has 1 heterocycles. The average Bonchev–Trinajstić information content (AvgIpc) is 2.91. The molecule has 0 aliphatic carbocycles. The second kappa shape index (κ2) is 5.43. The van der Waals surface area contributed by atoms with Crippen LogP contribution in [0.15, 0.2) is 30.3 Å². The Kier molecular flexibility index (Phi) is 3.92. The van der Waals surface area contributed by atoms with Crippen LogP contribution >= 0.6 is 0 Å². The maximum atomic E-state index is 12.2. The summed E-state index contributed by atoms with van der Waals surface area (Å²) in [5, 5.41) is 0. The lowest BCUT2D eigenvalue weighted by Gasteiger charge is -2.21. The average molecular weight is 233 g/mol. The number of carbonyl (C=O) groups excluding carboxylic acids is 1. The van der Waals surface area contributed by atoms with Crippen molar-refractivity contribution in [2.24, 2.45) is 17.6 Å². The molecule has 3 heteroatoms. The van der Waals surface area contributed by atoms with Crippen LogP contribution in [-0.2, 0) is 9.53 Å². The Hall–Kier alpha value is -1.19. The number of ether oxygens (including phenoxy) is 1.